The summed E-state index contributed by atoms with van der Waals surface area (Å²) in [6, 6.07) is 97.5. The molecule has 1 spiro atoms. The summed E-state index contributed by atoms with van der Waals surface area (Å²) in [5, 5.41) is 2.25. The van der Waals surface area contributed by atoms with E-state index in [0.29, 0.717) is 0 Å². The lowest BCUT2D eigenvalue weighted by atomic mass is 9.64. The van der Waals surface area contributed by atoms with Crippen molar-refractivity contribution >= 4 is 56.1 Å². The van der Waals surface area contributed by atoms with Crippen molar-refractivity contribution in [3.63, 3.8) is 0 Å². The van der Waals surface area contributed by atoms with Gasteiger partial charge < -0.3 is 14.2 Å². The fraction of sp³-hybridized carbons (Fsp3) is 0.0149. The first-order valence-corrected chi connectivity index (χ1v) is 24.1. The molecule has 0 saturated carbocycles. The summed E-state index contributed by atoms with van der Waals surface area (Å²) in [6.45, 7) is 0. The van der Waals surface area contributed by atoms with Crippen molar-refractivity contribution in [1.29, 1.82) is 0 Å². The van der Waals surface area contributed by atoms with E-state index in [4.69, 9.17) is 4.42 Å². The van der Waals surface area contributed by atoms with Gasteiger partial charge in [-0.3, -0.25) is 0 Å². The van der Waals surface area contributed by atoms with Crippen LogP contribution in [0.1, 0.15) is 22.3 Å². The van der Waals surface area contributed by atoms with Crippen LogP contribution >= 0.6 is 0 Å². The lowest BCUT2D eigenvalue weighted by Crippen LogP contribution is -2.36. The molecule has 1 aliphatic carbocycles. The van der Waals surface area contributed by atoms with E-state index < -0.39 is 5.41 Å². The Morgan fingerprint density at radius 1 is 0.329 bits per heavy atom. The van der Waals surface area contributed by atoms with Crippen LogP contribution in [0.4, 0.5) is 34.1 Å². The molecule has 3 heteroatoms. The quantitative estimate of drug-likeness (QED) is 0.159. The molecule has 328 valence electrons. The van der Waals surface area contributed by atoms with E-state index >= 15 is 0 Å². The van der Waals surface area contributed by atoms with Gasteiger partial charge in [0.25, 0.3) is 0 Å². The van der Waals surface area contributed by atoms with E-state index in [-0.39, 0.29) is 0 Å². The fourth-order valence-corrected chi connectivity index (χ4v) is 11.7. The van der Waals surface area contributed by atoms with E-state index in [1.807, 2.05) is 6.07 Å². The zero-order chi connectivity index (χ0) is 46.2. The van der Waals surface area contributed by atoms with Gasteiger partial charge in [0.05, 0.1) is 22.5 Å². The molecule has 0 atom stereocenters. The van der Waals surface area contributed by atoms with Gasteiger partial charge in [-0.25, -0.2) is 0 Å². The molecule has 0 unspecified atom stereocenters. The molecule has 0 amide bonds. The maximum Gasteiger partial charge on any atom is 0.136 e. The van der Waals surface area contributed by atoms with Crippen LogP contribution in [0.3, 0.4) is 0 Å². The standard InChI is InChI=1S/C67H44N2O/c1-3-19-45(20-4-1)47-21-17-22-48(43-47)52-25-8-13-32-61(52)68(50-39-37-46(38-40-50)53-28-18-36-65-66(53)56-27-9-16-35-64(56)70-65)51-41-42-55-54-26-7-10-29-57(54)67(60(55)44-51)58-30-11-14-33-62(58)69(49-23-5-2-6-24-49)63-34-15-12-31-59(63)67/h1-44H. The minimum Gasteiger partial charge on any atom is -0.456 e. The van der Waals surface area contributed by atoms with Crippen LogP contribution in [0.15, 0.2) is 271 Å². The maximum atomic E-state index is 6.35. The van der Waals surface area contributed by atoms with Gasteiger partial charge in [-0.05, 0) is 134 Å². The third-order valence-corrected chi connectivity index (χ3v) is 14.7. The van der Waals surface area contributed by atoms with Crippen LogP contribution in [-0.4, -0.2) is 0 Å². The highest BCUT2D eigenvalue weighted by atomic mass is 16.3. The molecule has 0 radical (unpaired) electrons. The normalized spacial score (nSPS) is 12.9. The fourth-order valence-electron chi connectivity index (χ4n) is 11.7. The lowest BCUT2D eigenvalue weighted by molar-refractivity contribution is 0.669. The Balaban J connectivity index is 1.00. The van der Waals surface area contributed by atoms with E-state index in [1.54, 1.807) is 0 Å². The third kappa shape index (κ3) is 6.01. The zero-order valence-corrected chi connectivity index (χ0v) is 38.2. The first kappa shape index (κ1) is 39.9. The van der Waals surface area contributed by atoms with Crippen molar-refractivity contribution in [3.8, 4) is 44.5 Å². The van der Waals surface area contributed by atoms with Crippen molar-refractivity contribution in [1.82, 2.24) is 0 Å². The van der Waals surface area contributed by atoms with Crippen molar-refractivity contribution in [3.05, 3.63) is 289 Å². The molecule has 14 rings (SSSR count). The third-order valence-electron chi connectivity index (χ3n) is 14.7. The highest BCUT2D eigenvalue weighted by Crippen LogP contribution is 2.64. The van der Waals surface area contributed by atoms with Crippen LogP contribution < -0.4 is 9.80 Å². The second kappa shape index (κ2) is 16.0. The average Bonchev–Trinajstić information content (AvgIpc) is 3.96. The summed E-state index contributed by atoms with van der Waals surface area (Å²) in [4.78, 5) is 4.91. The smallest absolute Gasteiger partial charge is 0.136 e. The molecule has 11 aromatic carbocycles. The molecular weight excluding hydrogens is 849 g/mol. The molecule has 3 nitrogen and oxygen atoms in total. The molecule has 0 N–H and O–H groups in total. The van der Waals surface area contributed by atoms with Gasteiger partial charge in [0.1, 0.15) is 11.2 Å². The number of anilines is 6. The molecule has 0 bridgehead atoms. The van der Waals surface area contributed by atoms with Crippen molar-refractivity contribution in [2.45, 2.75) is 5.41 Å². The highest BCUT2D eigenvalue weighted by Gasteiger charge is 2.51. The molecule has 70 heavy (non-hydrogen) atoms. The predicted octanol–water partition coefficient (Wildman–Crippen LogP) is 18.2. The Labute approximate surface area is 407 Å². The Morgan fingerprint density at radius 3 is 1.67 bits per heavy atom. The molecule has 12 aromatic rings. The molecule has 2 heterocycles. The predicted molar refractivity (Wildman–Crippen MR) is 290 cm³/mol. The van der Waals surface area contributed by atoms with E-state index in [2.05, 4.69) is 271 Å². The van der Waals surface area contributed by atoms with E-state index in [0.717, 1.165) is 66.9 Å². The largest absolute Gasteiger partial charge is 0.456 e. The molecule has 2 aliphatic rings. The monoisotopic (exact) mass is 892 g/mol. The summed E-state index contributed by atoms with van der Waals surface area (Å²) >= 11 is 0. The van der Waals surface area contributed by atoms with Gasteiger partial charge in [0, 0.05) is 33.4 Å². The molecule has 1 aromatic heterocycles. The number of fused-ring (bicyclic) bond motifs is 12. The summed E-state index contributed by atoms with van der Waals surface area (Å²) in [6.07, 6.45) is 0. The van der Waals surface area contributed by atoms with Gasteiger partial charge in [-0.15, -0.1) is 0 Å². The Hall–Kier alpha value is -9.18. The molecule has 0 fully saturated rings. The first-order valence-electron chi connectivity index (χ1n) is 24.1. The molecule has 1 aliphatic heterocycles. The molecule has 0 saturated heterocycles. The summed E-state index contributed by atoms with van der Waals surface area (Å²) in [7, 11) is 0. The number of nitrogens with zero attached hydrogens (tertiary/aromatic N) is 2. The Kier molecular flexibility index (Phi) is 9.11. The second-order valence-corrected chi connectivity index (χ2v) is 18.4. The number of furan rings is 1. The van der Waals surface area contributed by atoms with Gasteiger partial charge >= 0.3 is 0 Å². The van der Waals surface area contributed by atoms with Crippen LogP contribution in [-0.2, 0) is 5.41 Å². The van der Waals surface area contributed by atoms with Crippen LogP contribution in [0, 0.1) is 0 Å². The SMILES string of the molecule is c1ccc(-c2cccc(-c3ccccc3N(c3ccc(-c4cccc5oc6ccccc6c45)cc3)c3ccc4c(c3)C3(c5ccccc5-4)c4ccccc4N(c4ccccc4)c4ccccc43)c2)cc1. The lowest BCUT2D eigenvalue weighted by Gasteiger charge is -2.45. The van der Waals surface area contributed by atoms with Gasteiger partial charge in [-0.2, -0.15) is 0 Å². The van der Waals surface area contributed by atoms with Crippen molar-refractivity contribution in [2.24, 2.45) is 0 Å². The maximum absolute atomic E-state index is 6.35. The minimum atomic E-state index is -0.606. The van der Waals surface area contributed by atoms with Crippen LogP contribution in [0.5, 0.6) is 0 Å². The Morgan fingerprint density at radius 2 is 0.886 bits per heavy atom. The molecular formula is C67H44N2O. The minimum absolute atomic E-state index is 0.606. The Bertz CT molecular complexity index is 3920. The first-order chi connectivity index (χ1) is 34.7. The number of hydrogen-bond donors (Lipinski definition) is 0. The van der Waals surface area contributed by atoms with Gasteiger partial charge in [0.2, 0.25) is 0 Å². The van der Waals surface area contributed by atoms with E-state index in [9.17, 15) is 0 Å². The van der Waals surface area contributed by atoms with Gasteiger partial charge in [0.15, 0.2) is 0 Å². The zero-order valence-electron chi connectivity index (χ0n) is 38.2. The summed E-state index contributed by atoms with van der Waals surface area (Å²) in [5.74, 6) is 0. The number of benzene rings is 11. The average molecular weight is 893 g/mol. The van der Waals surface area contributed by atoms with Crippen LogP contribution in [0.25, 0.3) is 66.4 Å². The van der Waals surface area contributed by atoms with Crippen LogP contribution in [0.2, 0.25) is 0 Å². The highest BCUT2D eigenvalue weighted by molar-refractivity contribution is 6.12. The summed E-state index contributed by atoms with van der Waals surface area (Å²) < 4.78 is 6.35. The van der Waals surface area contributed by atoms with Gasteiger partial charge in [-0.1, -0.05) is 194 Å². The van der Waals surface area contributed by atoms with E-state index in [1.165, 1.54) is 55.9 Å². The topological polar surface area (TPSA) is 19.6 Å². The second-order valence-electron chi connectivity index (χ2n) is 18.4. The number of hydrogen-bond acceptors (Lipinski definition) is 3. The summed E-state index contributed by atoms with van der Waals surface area (Å²) in [5.41, 5.74) is 22.4. The van der Waals surface area contributed by atoms with Crippen molar-refractivity contribution in [2.75, 3.05) is 9.80 Å². The van der Waals surface area contributed by atoms with Crippen molar-refractivity contribution < 1.29 is 4.42 Å². The number of para-hydroxylation sites is 5. The number of rotatable bonds is 7.